The molecule has 1 aliphatic heterocycles. The van der Waals surface area contributed by atoms with Gasteiger partial charge in [0.15, 0.2) is 0 Å². The molecule has 3 aromatic rings. The molecule has 0 spiro atoms. The first kappa shape index (κ1) is 27.8. The largest absolute Gasteiger partial charge is 0.367 e. The molecule has 8 nitrogen and oxygen atoms in total. The molecular weight excluding hydrogens is 518 g/mol. The van der Waals surface area contributed by atoms with E-state index in [1.54, 1.807) is 0 Å². The summed E-state index contributed by atoms with van der Waals surface area (Å²) in [6.07, 6.45) is -2.08. The van der Waals surface area contributed by atoms with Crippen LogP contribution in [-0.4, -0.2) is 54.0 Å². The fraction of sp³-hybridized carbons (Fsp3) is 0.296. The van der Waals surface area contributed by atoms with Crippen molar-refractivity contribution in [2.45, 2.75) is 19.4 Å². The number of halogens is 4. The highest BCUT2D eigenvalue weighted by Gasteiger charge is 2.27. The van der Waals surface area contributed by atoms with Gasteiger partial charge in [-0.3, -0.25) is 14.4 Å². The Balaban J connectivity index is 1.83. The Bertz CT molecular complexity index is 1510. The molecule has 1 unspecified atom stereocenters. The summed E-state index contributed by atoms with van der Waals surface area (Å²) in [6.45, 7) is 3.61. The smallest absolute Gasteiger partial charge is 0.264 e. The minimum absolute atomic E-state index is 0.0687. The maximum atomic E-state index is 15.5. The molecule has 0 bridgehead atoms. The highest BCUT2D eigenvalue weighted by Crippen LogP contribution is 2.36. The van der Waals surface area contributed by atoms with E-state index in [1.807, 2.05) is 18.9 Å². The van der Waals surface area contributed by atoms with Crippen molar-refractivity contribution in [2.24, 2.45) is 12.8 Å². The molecule has 206 valence electrons. The maximum absolute atomic E-state index is 15.5. The number of primary amides is 1. The van der Waals surface area contributed by atoms with Crippen LogP contribution < -0.4 is 21.5 Å². The van der Waals surface area contributed by atoms with Crippen molar-refractivity contribution < 1.29 is 27.2 Å². The zero-order chi connectivity index (χ0) is 28.6. The number of benzene rings is 2. The first-order chi connectivity index (χ1) is 18.4. The van der Waals surface area contributed by atoms with Gasteiger partial charge in [-0.15, -0.1) is 0 Å². The Morgan fingerprint density at radius 3 is 2.36 bits per heavy atom. The number of anilines is 2. The predicted molar refractivity (Wildman–Crippen MR) is 139 cm³/mol. The number of aromatic nitrogens is 1. The number of hydrogen-bond donors (Lipinski definition) is 2. The number of nitrogens with one attached hydrogen (secondary N) is 1. The lowest BCUT2D eigenvalue weighted by molar-refractivity contribution is 0.0992. The fourth-order valence-corrected chi connectivity index (χ4v) is 4.50. The van der Waals surface area contributed by atoms with E-state index in [9.17, 15) is 27.6 Å². The van der Waals surface area contributed by atoms with Gasteiger partial charge in [-0.2, -0.15) is 0 Å². The summed E-state index contributed by atoms with van der Waals surface area (Å²) in [7, 11) is 3.27. The van der Waals surface area contributed by atoms with Crippen molar-refractivity contribution >= 4 is 23.2 Å². The van der Waals surface area contributed by atoms with E-state index < -0.39 is 46.6 Å². The molecule has 39 heavy (non-hydrogen) atoms. The number of carbonyl (C=O) groups is 2. The lowest BCUT2D eigenvalue weighted by Crippen LogP contribution is -2.50. The first-order valence-electron chi connectivity index (χ1n) is 12.1. The van der Waals surface area contributed by atoms with Crippen molar-refractivity contribution in [1.82, 2.24) is 9.47 Å². The van der Waals surface area contributed by atoms with Crippen LogP contribution in [0.25, 0.3) is 11.1 Å². The molecule has 0 aliphatic carbocycles. The van der Waals surface area contributed by atoms with Gasteiger partial charge in [-0.1, -0.05) is 6.07 Å². The van der Waals surface area contributed by atoms with E-state index in [1.165, 1.54) is 25.2 Å². The van der Waals surface area contributed by atoms with Crippen LogP contribution in [0.15, 0.2) is 47.4 Å². The van der Waals surface area contributed by atoms with Crippen molar-refractivity contribution in [3.63, 3.8) is 0 Å². The van der Waals surface area contributed by atoms with Crippen LogP contribution in [-0.2, 0) is 7.05 Å². The molecule has 1 atom stereocenters. The fourth-order valence-electron chi connectivity index (χ4n) is 4.50. The van der Waals surface area contributed by atoms with Crippen LogP contribution in [0, 0.1) is 11.6 Å². The number of alkyl halides is 2. The van der Waals surface area contributed by atoms with Gasteiger partial charge in [0, 0.05) is 56.1 Å². The zero-order valence-corrected chi connectivity index (χ0v) is 21.5. The Hall–Kier alpha value is -4.19. The molecule has 1 aromatic heterocycles. The maximum Gasteiger partial charge on any atom is 0.264 e. The molecule has 1 aliphatic rings. The lowest BCUT2D eigenvalue weighted by Gasteiger charge is -2.39. The van der Waals surface area contributed by atoms with Gasteiger partial charge in [-0.05, 0) is 43.8 Å². The van der Waals surface area contributed by atoms with Gasteiger partial charge < -0.3 is 25.4 Å². The minimum Gasteiger partial charge on any atom is -0.367 e. The van der Waals surface area contributed by atoms with Crippen molar-refractivity contribution in [3.8, 4) is 11.1 Å². The molecule has 2 aromatic carbocycles. The summed E-state index contributed by atoms with van der Waals surface area (Å²) in [5.74, 6) is -3.60. The molecule has 0 radical (unpaired) electrons. The van der Waals surface area contributed by atoms with Gasteiger partial charge in [-0.25, -0.2) is 17.6 Å². The number of aryl methyl sites for hydroxylation is 1. The van der Waals surface area contributed by atoms with E-state index in [0.29, 0.717) is 31.4 Å². The number of piperazine rings is 1. The Morgan fingerprint density at radius 1 is 1.03 bits per heavy atom. The van der Waals surface area contributed by atoms with Crippen LogP contribution in [0.1, 0.15) is 39.6 Å². The lowest BCUT2D eigenvalue weighted by atomic mass is 10.00. The number of carbonyl (C=O) groups excluding carboxylic acids is 2. The van der Waals surface area contributed by atoms with Gasteiger partial charge >= 0.3 is 0 Å². The predicted octanol–water partition coefficient (Wildman–Crippen LogP) is 3.76. The van der Waals surface area contributed by atoms with Crippen LogP contribution in [0.4, 0.5) is 28.9 Å². The zero-order valence-electron chi connectivity index (χ0n) is 21.5. The standard InChI is InChI=1S/C27H27F4N5O3/c1-14-12-36(7-6-34(14)2)23-11-21(29)17(15-4-5-16(26(32)38)20(28)8-15)9-22(23)33-27(39)19-13-35(3)24(37)10-18(19)25(30)31/h4-5,8-11,13-14,25H,6-7,12H2,1-3H3,(H2,32,38)(H,33,39). The van der Waals surface area contributed by atoms with Gasteiger partial charge in [0.05, 0.1) is 22.5 Å². The first-order valence-corrected chi connectivity index (χ1v) is 12.1. The number of pyridine rings is 1. The van der Waals surface area contributed by atoms with Crippen LogP contribution in [0.5, 0.6) is 0 Å². The summed E-state index contributed by atoms with van der Waals surface area (Å²) < 4.78 is 58.3. The van der Waals surface area contributed by atoms with E-state index in [4.69, 9.17) is 5.73 Å². The quantitative estimate of drug-likeness (QED) is 0.460. The summed E-state index contributed by atoms with van der Waals surface area (Å²) in [4.78, 5) is 40.6. The minimum atomic E-state index is -3.09. The molecule has 2 heterocycles. The van der Waals surface area contributed by atoms with Crippen LogP contribution in [0.2, 0.25) is 0 Å². The van der Waals surface area contributed by atoms with E-state index in [-0.39, 0.29) is 28.4 Å². The number of nitrogens with zero attached hydrogens (tertiary/aromatic N) is 3. The van der Waals surface area contributed by atoms with E-state index in [2.05, 4.69) is 10.2 Å². The van der Waals surface area contributed by atoms with Crippen molar-refractivity contribution in [1.29, 1.82) is 0 Å². The monoisotopic (exact) mass is 545 g/mol. The Labute approximate surface area is 221 Å². The summed E-state index contributed by atoms with van der Waals surface area (Å²) in [6, 6.07) is 6.65. The second-order valence-electron chi connectivity index (χ2n) is 9.53. The van der Waals surface area contributed by atoms with Crippen molar-refractivity contribution in [2.75, 3.05) is 36.9 Å². The third-order valence-corrected chi connectivity index (χ3v) is 6.92. The normalized spacial score (nSPS) is 16.0. The number of rotatable bonds is 6. The number of hydrogen-bond acceptors (Lipinski definition) is 5. The third kappa shape index (κ3) is 5.65. The molecule has 0 saturated carbocycles. The van der Waals surface area contributed by atoms with Crippen LogP contribution >= 0.6 is 0 Å². The van der Waals surface area contributed by atoms with Crippen LogP contribution in [0.3, 0.4) is 0 Å². The van der Waals surface area contributed by atoms with E-state index in [0.717, 1.165) is 22.9 Å². The van der Waals surface area contributed by atoms with Gasteiger partial charge in [0.25, 0.3) is 23.8 Å². The highest BCUT2D eigenvalue weighted by atomic mass is 19.3. The number of nitrogens with two attached hydrogens (primary N) is 1. The number of amides is 2. The second kappa shape index (κ2) is 10.9. The average molecular weight is 546 g/mol. The molecule has 1 saturated heterocycles. The van der Waals surface area contributed by atoms with Crippen molar-refractivity contribution in [3.05, 3.63) is 81.3 Å². The van der Waals surface area contributed by atoms with Gasteiger partial charge in [0.1, 0.15) is 11.6 Å². The summed E-state index contributed by atoms with van der Waals surface area (Å²) in [5.41, 5.74) is 3.30. The Morgan fingerprint density at radius 2 is 1.74 bits per heavy atom. The second-order valence-corrected chi connectivity index (χ2v) is 9.53. The third-order valence-electron chi connectivity index (χ3n) is 6.92. The molecule has 4 rings (SSSR count). The highest BCUT2D eigenvalue weighted by molar-refractivity contribution is 6.07. The summed E-state index contributed by atoms with van der Waals surface area (Å²) in [5, 5.41) is 2.60. The number of likely N-dealkylation sites (N-methyl/N-ethyl adjacent to an activating group) is 1. The Kier molecular flexibility index (Phi) is 7.77. The molecular formula is C27H27F4N5O3. The molecule has 3 N–H and O–H groups in total. The van der Waals surface area contributed by atoms with Gasteiger partial charge in [0.2, 0.25) is 0 Å². The summed E-state index contributed by atoms with van der Waals surface area (Å²) >= 11 is 0. The van der Waals surface area contributed by atoms with E-state index >= 15 is 4.39 Å². The molecule has 1 fully saturated rings. The molecule has 12 heteroatoms. The molecule has 2 amide bonds. The topological polar surface area (TPSA) is 101 Å². The average Bonchev–Trinajstić information content (AvgIpc) is 2.87. The SMILES string of the molecule is CC1CN(c2cc(F)c(-c3ccc(C(N)=O)c(F)c3)cc2NC(=O)c2cn(C)c(=O)cc2C(F)F)CCN1C.